The minimum absolute atomic E-state index is 0.162. The number of phenolic OH excluding ortho intramolecular Hbond substituents is 3. The van der Waals surface area contributed by atoms with E-state index in [1.54, 1.807) is 0 Å². The van der Waals surface area contributed by atoms with Crippen LogP contribution in [0.3, 0.4) is 0 Å². The molecule has 6 rings (SSSR count). The highest BCUT2D eigenvalue weighted by atomic mass is 16.3. The van der Waals surface area contributed by atoms with Gasteiger partial charge in [0.2, 0.25) is 0 Å². The molecule has 0 aromatic heterocycles. The SMILES string of the molecule is Cc1cc(O)c(C2CCCC2)cc1CCC(c1cc(C2CCCC2)c(O)cc1C)c1cc(C2CCCC2)c(O)cc1C. The van der Waals surface area contributed by atoms with Crippen LogP contribution in [-0.2, 0) is 6.42 Å². The zero-order valence-electron chi connectivity index (χ0n) is 26.0. The summed E-state index contributed by atoms with van der Waals surface area (Å²) in [4.78, 5) is 0. The summed E-state index contributed by atoms with van der Waals surface area (Å²) in [6.45, 7) is 6.44. The number of benzene rings is 3. The second kappa shape index (κ2) is 12.3. The molecule has 0 bridgehead atoms. The molecule has 3 aromatic rings. The van der Waals surface area contributed by atoms with E-state index in [1.807, 2.05) is 18.2 Å². The van der Waals surface area contributed by atoms with Gasteiger partial charge in [-0.1, -0.05) is 56.7 Å². The van der Waals surface area contributed by atoms with Gasteiger partial charge in [0.1, 0.15) is 17.2 Å². The molecule has 0 aliphatic heterocycles. The summed E-state index contributed by atoms with van der Waals surface area (Å²) in [5, 5.41) is 33.0. The van der Waals surface area contributed by atoms with Gasteiger partial charge in [-0.05, 0) is 158 Å². The Morgan fingerprint density at radius 2 is 0.881 bits per heavy atom. The number of hydrogen-bond acceptors (Lipinski definition) is 3. The van der Waals surface area contributed by atoms with E-state index in [4.69, 9.17) is 0 Å². The third-order valence-corrected chi connectivity index (χ3v) is 11.2. The summed E-state index contributed by atoms with van der Waals surface area (Å²) in [5.41, 5.74) is 10.8. The first-order chi connectivity index (χ1) is 20.3. The standard InChI is InChI=1S/C39H50O3/c1-24-18-37(40)34(27-10-4-5-11-27)21-30(24)16-17-31(32-22-35(28-12-6-7-13-28)38(41)19-25(32)2)33-23-36(29-14-8-9-15-29)39(42)20-26(33)3/h18-23,27-29,31,40-42H,4-17H2,1-3H3. The second-order valence-corrected chi connectivity index (χ2v) is 13.9. The van der Waals surface area contributed by atoms with Gasteiger partial charge in [0, 0.05) is 5.92 Å². The molecule has 3 aromatic carbocycles. The van der Waals surface area contributed by atoms with Crippen molar-refractivity contribution in [2.75, 3.05) is 0 Å². The molecule has 0 atom stereocenters. The molecule has 3 N–H and O–H groups in total. The van der Waals surface area contributed by atoms with Crippen molar-refractivity contribution in [3.63, 3.8) is 0 Å². The Morgan fingerprint density at radius 1 is 0.524 bits per heavy atom. The van der Waals surface area contributed by atoms with E-state index < -0.39 is 0 Å². The molecule has 3 fully saturated rings. The van der Waals surface area contributed by atoms with Crippen molar-refractivity contribution in [1.29, 1.82) is 0 Å². The maximum Gasteiger partial charge on any atom is 0.119 e. The van der Waals surface area contributed by atoms with Crippen LogP contribution in [0, 0.1) is 20.8 Å². The summed E-state index contributed by atoms with van der Waals surface area (Å²) in [6, 6.07) is 13.0. The van der Waals surface area contributed by atoms with Crippen LogP contribution in [0.2, 0.25) is 0 Å². The quantitative estimate of drug-likeness (QED) is 0.254. The molecular formula is C39H50O3. The fourth-order valence-corrected chi connectivity index (χ4v) is 8.70. The van der Waals surface area contributed by atoms with Crippen LogP contribution in [-0.4, -0.2) is 15.3 Å². The van der Waals surface area contributed by atoms with Gasteiger partial charge in [-0.3, -0.25) is 0 Å². The zero-order chi connectivity index (χ0) is 29.4. The molecule has 0 saturated heterocycles. The Kier molecular flexibility index (Phi) is 8.57. The highest BCUT2D eigenvalue weighted by Crippen LogP contribution is 2.46. The minimum atomic E-state index is 0.162. The fourth-order valence-electron chi connectivity index (χ4n) is 8.70. The van der Waals surface area contributed by atoms with Crippen LogP contribution in [0.4, 0.5) is 0 Å². The Morgan fingerprint density at radius 3 is 1.29 bits per heavy atom. The van der Waals surface area contributed by atoms with E-state index in [9.17, 15) is 15.3 Å². The molecule has 3 nitrogen and oxygen atoms in total. The van der Waals surface area contributed by atoms with Crippen molar-refractivity contribution < 1.29 is 15.3 Å². The molecule has 0 unspecified atom stereocenters. The molecule has 0 heterocycles. The Balaban J connectivity index is 1.42. The number of phenols is 3. The molecule has 3 aliphatic carbocycles. The maximum atomic E-state index is 11.1. The van der Waals surface area contributed by atoms with Crippen LogP contribution in [0.25, 0.3) is 0 Å². The normalized spacial score (nSPS) is 18.6. The monoisotopic (exact) mass is 566 g/mol. The molecule has 3 heteroatoms. The number of hydrogen-bond donors (Lipinski definition) is 3. The number of rotatable bonds is 8. The lowest BCUT2D eigenvalue weighted by Crippen LogP contribution is -2.10. The molecule has 3 saturated carbocycles. The summed E-state index contributed by atoms with van der Waals surface area (Å²) in [7, 11) is 0. The van der Waals surface area contributed by atoms with Crippen molar-refractivity contribution in [2.45, 2.75) is 134 Å². The first kappa shape index (κ1) is 29.1. The third kappa shape index (κ3) is 5.81. The first-order valence-electron chi connectivity index (χ1n) is 16.8. The predicted molar refractivity (Wildman–Crippen MR) is 172 cm³/mol. The third-order valence-electron chi connectivity index (χ3n) is 11.2. The Labute approximate surface area is 253 Å². The lowest BCUT2D eigenvalue weighted by Gasteiger charge is -2.27. The van der Waals surface area contributed by atoms with E-state index in [2.05, 4.69) is 39.0 Å². The van der Waals surface area contributed by atoms with Crippen molar-refractivity contribution in [2.24, 2.45) is 0 Å². The molecular weight excluding hydrogens is 516 g/mol. The minimum Gasteiger partial charge on any atom is -0.508 e. The van der Waals surface area contributed by atoms with E-state index in [-0.39, 0.29) is 5.92 Å². The van der Waals surface area contributed by atoms with Gasteiger partial charge in [-0.25, -0.2) is 0 Å². The largest absolute Gasteiger partial charge is 0.508 e. The second-order valence-electron chi connectivity index (χ2n) is 13.9. The van der Waals surface area contributed by atoms with Crippen molar-refractivity contribution in [3.8, 4) is 17.2 Å². The lowest BCUT2D eigenvalue weighted by molar-refractivity contribution is 0.459. The topological polar surface area (TPSA) is 60.7 Å². The van der Waals surface area contributed by atoms with Crippen LogP contribution in [0.5, 0.6) is 17.2 Å². The van der Waals surface area contributed by atoms with Gasteiger partial charge in [0.25, 0.3) is 0 Å². The molecule has 0 amide bonds. The van der Waals surface area contributed by atoms with Crippen LogP contribution in [0.15, 0.2) is 36.4 Å². The van der Waals surface area contributed by atoms with Gasteiger partial charge < -0.3 is 15.3 Å². The smallest absolute Gasteiger partial charge is 0.119 e. The van der Waals surface area contributed by atoms with Crippen LogP contribution < -0.4 is 0 Å². The van der Waals surface area contributed by atoms with Gasteiger partial charge in [-0.15, -0.1) is 0 Å². The van der Waals surface area contributed by atoms with Crippen molar-refractivity contribution in [3.05, 3.63) is 86.5 Å². The lowest BCUT2D eigenvalue weighted by atomic mass is 9.78. The highest BCUT2D eigenvalue weighted by molar-refractivity contribution is 5.52. The number of aryl methyl sites for hydroxylation is 4. The summed E-state index contributed by atoms with van der Waals surface area (Å²) in [6.07, 6.45) is 16.3. The highest BCUT2D eigenvalue weighted by Gasteiger charge is 2.28. The van der Waals surface area contributed by atoms with Gasteiger partial charge >= 0.3 is 0 Å². The fraction of sp³-hybridized carbons (Fsp3) is 0.538. The Hall–Kier alpha value is -2.94. The van der Waals surface area contributed by atoms with E-state index >= 15 is 0 Å². The summed E-state index contributed by atoms with van der Waals surface area (Å²) < 4.78 is 0. The molecule has 0 spiro atoms. The average Bonchev–Trinajstić information content (AvgIpc) is 3.76. The van der Waals surface area contributed by atoms with E-state index in [0.29, 0.717) is 35.0 Å². The Bertz CT molecular complexity index is 1350. The summed E-state index contributed by atoms with van der Waals surface area (Å²) in [5.74, 6) is 2.88. The van der Waals surface area contributed by atoms with Gasteiger partial charge in [0.05, 0.1) is 0 Å². The van der Waals surface area contributed by atoms with Crippen molar-refractivity contribution >= 4 is 0 Å². The van der Waals surface area contributed by atoms with Crippen LogP contribution >= 0.6 is 0 Å². The molecule has 3 aliphatic rings. The molecule has 0 radical (unpaired) electrons. The van der Waals surface area contributed by atoms with Crippen molar-refractivity contribution in [1.82, 2.24) is 0 Å². The maximum absolute atomic E-state index is 11.1. The van der Waals surface area contributed by atoms with E-state index in [1.165, 1.54) is 68.1 Å². The van der Waals surface area contributed by atoms with Gasteiger partial charge in [-0.2, -0.15) is 0 Å². The first-order valence-corrected chi connectivity index (χ1v) is 16.8. The van der Waals surface area contributed by atoms with Gasteiger partial charge in [0.15, 0.2) is 0 Å². The molecule has 42 heavy (non-hydrogen) atoms. The number of aromatic hydroxyl groups is 3. The predicted octanol–water partition coefficient (Wildman–Crippen LogP) is 10.5. The zero-order valence-corrected chi connectivity index (χ0v) is 26.0. The molecule has 224 valence electrons. The van der Waals surface area contributed by atoms with E-state index in [0.717, 1.165) is 71.9 Å². The summed E-state index contributed by atoms with van der Waals surface area (Å²) >= 11 is 0. The van der Waals surface area contributed by atoms with Crippen LogP contribution in [0.1, 0.15) is 157 Å². The average molecular weight is 567 g/mol.